The van der Waals surface area contributed by atoms with E-state index in [1.54, 1.807) is 20.3 Å². The number of likely N-dealkylation sites (tertiary alicyclic amines) is 1. The zero-order valence-electron chi connectivity index (χ0n) is 19.7. The van der Waals surface area contributed by atoms with Crippen molar-refractivity contribution >= 4 is 11.6 Å². The molecule has 0 spiro atoms. The second-order valence-electron chi connectivity index (χ2n) is 8.03. The molecule has 8 heteroatoms. The first kappa shape index (κ1) is 26.2. The van der Waals surface area contributed by atoms with Gasteiger partial charge in [-0.15, -0.1) is 0 Å². The number of aliphatic imine (C=N–C) groups is 1. The molecule has 180 valence electrons. The second kappa shape index (κ2) is 12.3. The fraction of sp³-hybridized carbons (Fsp3) is 0.625. The Morgan fingerprint density at radius 2 is 1.91 bits per heavy atom. The first-order valence-corrected chi connectivity index (χ1v) is 11.1. The van der Waals surface area contributed by atoms with Gasteiger partial charge in [0.1, 0.15) is 5.75 Å². The fourth-order valence-corrected chi connectivity index (χ4v) is 3.72. The van der Waals surface area contributed by atoms with Gasteiger partial charge in [-0.05, 0) is 76.4 Å². The lowest BCUT2D eigenvalue weighted by Gasteiger charge is -2.21. The number of unbranched alkanes of at least 4 members (excludes halogenated alkanes) is 1. The van der Waals surface area contributed by atoms with Gasteiger partial charge in [0.25, 0.3) is 0 Å². The molecule has 1 atom stereocenters. The van der Waals surface area contributed by atoms with Gasteiger partial charge in [-0.1, -0.05) is 6.92 Å². The van der Waals surface area contributed by atoms with Crippen molar-refractivity contribution < 1.29 is 27.4 Å². The van der Waals surface area contributed by atoms with E-state index < -0.39 is 11.7 Å². The van der Waals surface area contributed by atoms with E-state index in [2.05, 4.69) is 4.90 Å². The highest BCUT2D eigenvalue weighted by Gasteiger charge is 2.35. The Balaban J connectivity index is 2.41. The Bertz CT molecular complexity index is 806. The number of allylic oxidation sites excluding steroid dienone is 1. The molecule has 1 aliphatic heterocycles. The predicted octanol–water partition coefficient (Wildman–Crippen LogP) is 5.79. The van der Waals surface area contributed by atoms with Gasteiger partial charge in [-0.3, -0.25) is 4.90 Å². The third-order valence-corrected chi connectivity index (χ3v) is 5.73. The van der Waals surface area contributed by atoms with Gasteiger partial charge in [0, 0.05) is 19.3 Å². The Hall–Kier alpha value is -2.06. The third kappa shape index (κ3) is 6.97. The van der Waals surface area contributed by atoms with Crippen LogP contribution in [0.3, 0.4) is 0 Å². The number of alkyl halides is 3. The van der Waals surface area contributed by atoms with Crippen LogP contribution in [0.5, 0.6) is 5.75 Å². The van der Waals surface area contributed by atoms with Gasteiger partial charge >= 0.3 is 6.18 Å². The van der Waals surface area contributed by atoms with E-state index in [9.17, 15) is 13.2 Å². The molecule has 0 amide bonds. The molecular weight excluding hydrogens is 421 g/mol. The summed E-state index contributed by atoms with van der Waals surface area (Å²) in [6.07, 6.45) is -0.598. The smallest absolute Gasteiger partial charge is 0.419 e. The molecule has 0 aromatic heterocycles. The number of nitrogens with zero attached hydrogens (tertiary/aromatic N) is 2. The predicted molar refractivity (Wildman–Crippen MR) is 121 cm³/mol. The van der Waals surface area contributed by atoms with Crippen LogP contribution in [0, 0.1) is 0 Å². The Morgan fingerprint density at radius 3 is 2.47 bits per heavy atom. The average Bonchev–Trinajstić information content (AvgIpc) is 3.19. The van der Waals surface area contributed by atoms with E-state index in [1.807, 2.05) is 20.9 Å². The van der Waals surface area contributed by atoms with Crippen LogP contribution in [-0.2, 0) is 15.7 Å². The lowest BCUT2D eigenvalue weighted by Crippen LogP contribution is -2.34. The summed E-state index contributed by atoms with van der Waals surface area (Å²) in [5, 5.41) is 0. The highest BCUT2D eigenvalue weighted by atomic mass is 19.4. The zero-order chi connectivity index (χ0) is 23.7. The summed E-state index contributed by atoms with van der Waals surface area (Å²) in [4.78, 5) is 6.88. The van der Waals surface area contributed by atoms with Crippen LogP contribution in [0.15, 0.2) is 28.8 Å². The quantitative estimate of drug-likeness (QED) is 0.254. The summed E-state index contributed by atoms with van der Waals surface area (Å²) >= 11 is 0. The minimum absolute atomic E-state index is 0.0245. The van der Waals surface area contributed by atoms with Crippen molar-refractivity contribution in [3.05, 3.63) is 34.9 Å². The molecule has 0 aliphatic carbocycles. The number of hydrogen-bond acceptors (Lipinski definition) is 5. The van der Waals surface area contributed by atoms with Gasteiger partial charge in [0.15, 0.2) is 0 Å². The summed E-state index contributed by atoms with van der Waals surface area (Å²) in [6, 6.07) is 4.19. The third-order valence-electron chi connectivity index (χ3n) is 5.73. The molecule has 0 saturated carbocycles. The topological polar surface area (TPSA) is 43.3 Å². The number of methoxy groups -OCH3 is 2. The Morgan fingerprint density at radius 1 is 1.19 bits per heavy atom. The largest absolute Gasteiger partial charge is 0.493 e. The number of ether oxygens (including phenoxy) is 3. The van der Waals surface area contributed by atoms with E-state index >= 15 is 0 Å². The van der Waals surface area contributed by atoms with Crippen molar-refractivity contribution in [1.29, 1.82) is 0 Å². The maximum atomic E-state index is 13.8. The van der Waals surface area contributed by atoms with E-state index in [0.29, 0.717) is 36.6 Å². The van der Waals surface area contributed by atoms with Crippen LogP contribution < -0.4 is 4.74 Å². The number of rotatable bonds is 10. The van der Waals surface area contributed by atoms with E-state index in [0.717, 1.165) is 37.4 Å². The standard InChI is InChI=1S/C24H35F3N2O3/c1-6-17(2)22(28-23(31-5)20-10-9-13-29(20)3)18-11-12-21(19(16-18)24(25,26)27)32-15-8-7-14-30-4/h11-12,16,20H,6-10,13-15H2,1-5H3/b22-17+,28-23-. The highest BCUT2D eigenvalue weighted by Crippen LogP contribution is 2.39. The van der Waals surface area contributed by atoms with E-state index in [4.69, 9.17) is 19.2 Å². The van der Waals surface area contributed by atoms with Gasteiger partial charge in [0.2, 0.25) is 5.90 Å². The lowest BCUT2D eigenvalue weighted by atomic mass is 10.0. The van der Waals surface area contributed by atoms with Crippen molar-refractivity contribution in [1.82, 2.24) is 4.90 Å². The molecule has 5 nitrogen and oxygen atoms in total. The van der Waals surface area contributed by atoms with Crippen LogP contribution in [0.25, 0.3) is 5.70 Å². The van der Waals surface area contributed by atoms with Crippen LogP contribution in [0.1, 0.15) is 57.1 Å². The van der Waals surface area contributed by atoms with Crippen LogP contribution in [0.2, 0.25) is 0 Å². The average molecular weight is 457 g/mol. The molecule has 0 N–H and O–H groups in total. The molecule has 1 aromatic carbocycles. The first-order chi connectivity index (χ1) is 15.2. The lowest BCUT2D eigenvalue weighted by molar-refractivity contribution is -0.139. The molecule has 2 rings (SSSR count). The van der Waals surface area contributed by atoms with Crippen LogP contribution in [-0.4, -0.2) is 57.9 Å². The van der Waals surface area contributed by atoms with Crippen molar-refractivity contribution in [2.45, 2.75) is 58.2 Å². The summed E-state index contributed by atoms with van der Waals surface area (Å²) in [5.74, 6) is 0.360. The summed E-state index contributed by atoms with van der Waals surface area (Å²) in [6.45, 7) is 5.53. The number of likely N-dealkylation sites (N-methyl/N-ethyl adjacent to an activating group) is 1. The van der Waals surface area contributed by atoms with Crippen molar-refractivity contribution in [3.8, 4) is 5.75 Å². The van der Waals surface area contributed by atoms with Crippen LogP contribution in [0.4, 0.5) is 13.2 Å². The molecule has 1 fully saturated rings. The van der Waals surface area contributed by atoms with Crippen molar-refractivity contribution in [2.75, 3.05) is 41.0 Å². The number of benzene rings is 1. The molecular formula is C24H35F3N2O3. The highest BCUT2D eigenvalue weighted by molar-refractivity contribution is 5.88. The maximum Gasteiger partial charge on any atom is 0.419 e. The summed E-state index contributed by atoms with van der Waals surface area (Å²) < 4.78 is 57.6. The van der Waals surface area contributed by atoms with Crippen molar-refractivity contribution in [2.24, 2.45) is 4.99 Å². The zero-order valence-corrected chi connectivity index (χ0v) is 19.7. The summed E-state index contributed by atoms with van der Waals surface area (Å²) in [5.41, 5.74) is 1.01. The van der Waals surface area contributed by atoms with E-state index in [-0.39, 0.29) is 18.4 Å². The van der Waals surface area contributed by atoms with Gasteiger partial charge in [-0.2, -0.15) is 13.2 Å². The molecule has 1 aromatic rings. The molecule has 1 aliphatic rings. The van der Waals surface area contributed by atoms with Crippen LogP contribution >= 0.6 is 0 Å². The monoisotopic (exact) mass is 456 g/mol. The van der Waals surface area contributed by atoms with Crippen molar-refractivity contribution in [3.63, 3.8) is 0 Å². The Kier molecular flexibility index (Phi) is 10.0. The van der Waals surface area contributed by atoms with Gasteiger partial charge in [0.05, 0.1) is 31.0 Å². The molecule has 1 unspecified atom stereocenters. The molecule has 32 heavy (non-hydrogen) atoms. The maximum absolute atomic E-state index is 13.8. The minimum atomic E-state index is -4.54. The molecule has 0 radical (unpaired) electrons. The number of hydrogen-bond donors (Lipinski definition) is 0. The van der Waals surface area contributed by atoms with Gasteiger partial charge < -0.3 is 14.2 Å². The summed E-state index contributed by atoms with van der Waals surface area (Å²) in [7, 11) is 5.15. The Labute approximate surface area is 189 Å². The molecule has 1 heterocycles. The fourth-order valence-electron chi connectivity index (χ4n) is 3.72. The number of halogens is 3. The minimum Gasteiger partial charge on any atom is -0.493 e. The second-order valence-corrected chi connectivity index (χ2v) is 8.03. The SMILES string of the molecule is CC/C(C)=C(/N=C(\OC)C1CCCN1C)c1ccc(OCCCCOC)c(C(F)(F)F)c1. The molecule has 1 saturated heterocycles. The van der Waals surface area contributed by atoms with E-state index in [1.165, 1.54) is 6.07 Å². The van der Waals surface area contributed by atoms with Gasteiger partial charge in [-0.25, -0.2) is 4.99 Å². The normalized spacial score (nSPS) is 18.6. The first-order valence-electron chi connectivity index (χ1n) is 11.1. The molecule has 0 bridgehead atoms.